The van der Waals surface area contributed by atoms with Gasteiger partial charge in [0, 0.05) is 24.9 Å². The highest BCUT2D eigenvalue weighted by Gasteiger charge is 2.14. The summed E-state index contributed by atoms with van der Waals surface area (Å²) in [5, 5.41) is 2.92. The van der Waals surface area contributed by atoms with Crippen LogP contribution in [0.2, 0.25) is 0 Å². The number of aromatic nitrogens is 2. The van der Waals surface area contributed by atoms with Crippen LogP contribution >= 0.6 is 0 Å². The number of amides is 1. The number of hydrogen-bond acceptors (Lipinski definition) is 3. The Morgan fingerprint density at radius 2 is 2.15 bits per heavy atom. The molecule has 0 bridgehead atoms. The maximum absolute atomic E-state index is 12.0. The lowest BCUT2D eigenvalue weighted by atomic mass is 10.0. The van der Waals surface area contributed by atoms with E-state index in [4.69, 9.17) is 5.73 Å². The molecule has 1 aromatic carbocycles. The standard InChI is InChI=1S/C15H20N4O/c1-11(2)12(16)9-15(20)18-13-5-3-4-6-14(13)19-8-7-17-10-19/h3-8,10-12H,9,16H2,1-2H3,(H,18,20). The molecule has 5 nitrogen and oxygen atoms in total. The van der Waals surface area contributed by atoms with Crippen molar-refractivity contribution in [3.8, 4) is 5.69 Å². The Hall–Kier alpha value is -2.14. The van der Waals surface area contributed by atoms with Gasteiger partial charge >= 0.3 is 0 Å². The number of imidazole rings is 1. The van der Waals surface area contributed by atoms with Gasteiger partial charge in [-0.2, -0.15) is 0 Å². The lowest BCUT2D eigenvalue weighted by molar-refractivity contribution is -0.116. The van der Waals surface area contributed by atoms with E-state index in [1.165, 1.54) is 0 Å². The van der Waals surface area contributed by atoms with Gasteiger partial charge in [-0.3, -0.25) is 4.79 Å². The fraction of sp³-hybridized carbons (Fsp3) is 0.333. The molecule has 0 saturated heterocycles. The summed E-state index contributed by atoms with van der Waals surface area (Å²) in [6, 6.07) is 7.48. The minimum Gasteiger partial charge on any atom is -0.327 e. The molecule has 0 fully saturated rings. The van der Waals surface area contributed by atoms with Crippen LogP contribution in [0.5, 0.6) is 0 Å². The molecule has 0 aliphatic heterocycles. The zero-order chi connectivity index (χ0) is 14.5. The first kappa shape index (κ1) is 14.3. The normalized spacial score (nSPS) is 12.4. The van der Waals surface area contributed by atoms with Gasteiger partial charge < -0.3 is 15.6 Å². The maximum Gasteiger partial charge on any atom is 0.225 e. The van der Waals surface area contributed by atoms with E-state index in [1.54, 1.807) is 12.5 Å². The quantitative estimate of drug-likeness (QED) is 0.876. The summed E-state index contributed by atoms with van der Waals surface area (Å²) in [5.41, 5.74) is 7.57. The van der Waals surface area contributed by atoms with Gasteiger partial charge in [0.05, 0.1) is 17.7 Å². The highest BCUT2D eigenvalue weighted by Crippen LogP contribution is 2.20. The second-order valence-electron chi connectivity index (χ2n) is 5.15. The predicted octanol–water partition coefficient (Wildman–Crippen LogP) is 2.18. The molecule has 0 aliphatic rings. The van der Waals surface area contributed by atoms with Crippen molar-refractivity contribution < 1.29 is 4.79 Å². The zero-order valence-corrected chi connectivity index (χ0v) is 11.8. The molecular formula is C15H20N4O. The summed E-state index contributed by atoms with van der Waals surface area (Å²) in [5.74, 6) is 0.211. The molecule has 3 N–H and O–H groups in total. The van der Waals surface area contributed by atoms with Crippen molar-refractivity contribution in [3.05, 3.63) is 43.0 Å². The van der Waals surface area contributed by atoms with E-state index >= 15 is 0 Å². The van der Waals surface area contributed by atoms with Gasteiger partial charge in [-0.1, -0.05) is 26.0 Å². The fourth-order valence-electron chi connectivity index (χ4n) is 1.86. The number of benzene rings is 1. The van der Waals surface area contributed by atoms with Crippen LogP contribution in [-0.4, -0.2) is 21.5 Å². The molecule has 0 spiro atoms. The third-order valence-electron chi connectivity index (χ3n) is 3.24. The van der Waals surface area contributed by atoms with Gasteiger partial charge in [0.2, 0.25) is 5.91 Å². The Kier molecular flexibility index (Phi) is 4.53. The number of nitrogens with one attached hydrogen (secondary N) is 1. The summed E-state index contributed by atoms with van der Waals surface area (Å²) >= 11 is 0. The van der Waals surface area contributed by atoms with E-state index in [2.05, 4.69) is 10.3 Å². The van der Waals surface area contributed by atoms with Crippen molar-refractivity contribution in [1.82, 2.24) is 9.55 Å². The number of carbonyl (C=O) groups excluding carboxylic acids is 1. The zero-order valence-electron chi connectivity index (χ0n) is 11.8. The van der Waals surface area contributed by atoms with Crippen LogP contribution in [-0.2, 0) is 4.79 Å². The van der Waals surface area contributed by atoms with Gasteiger partial charge in [0.15, 0.2) is 0 Å². The molecule has 1 amide bonds. The number of para-hydroxylation sites is 2. The third-order valence-corrected chi connectivity index (χ3v) is 3.24. The highest BCUT2D eigenvalue weighted by molar-refractivity contribution is 5.93. The van der Waals surface area contributed by atoms with Crippen LogP contribution in [0.3, 0.4) is 0 Å². The molecule has 0 aliphatic carbocycles. The van der Waals surface area contributed by atoms with Gasteiger partial charge in [-0.05, 0) is 18.1 Å². The van der Waals surface area contributed by atoms with Gasteiger partial charge in [0.1, 0.15) is 0 Å². The average molecular weight is 272 g/mol. The largest absolute Gasteiger partial charge is 0.327 e. The lowest BCUT2D eigenvalue weighted by Crippen LogP contribution is -2.31. The van der Waals surface area contributed by atoms with Gasteiger partial charge in [-0.25, -0.2) is 4.98 Å². The van der Waals surface area contributed by atoms with Crippen LogP contribution in [0, 0.1) is 5.92 Å². The summed E-state index contributed by atoms with van der Waals surface area (Å²) in [7, 11) is 0. The molecule has 106 valence electrons. The Bertz CT molecular complexity index is 563. The van der Waals surface area contributed by atoms with Crippen molar-refractivity contribution in [2.24, 2.45) is 11.7 Å². The topological polar surface area (TPSA) is 72.9 Å². The summed E-state index contributed by atoms with van der Waals surface area (Å²) in [6.45, 7) is 4.02. The van der Waals surface area contributed by atoms with Crippen molar-refractivity contribution in [1.29, 1.82) is 0 Å². The number of nitrogens with zero attached hydrogens (tertiary/aromatic N) is 2. The highest BCUT2D eigenvalue weighted by atomic mass is 16.1. The molecular weight excluding hydrogens is 252 g/mol. The molecule has 2 aromatic rings. The molecule has 1 unspecified atom stereocenters. The Morgan fingerprint density at radius 1 is 1.40 bits per heavy atom. The van der Waals surface area contributed by atoms with E-state index in [0.717, 1.165) is 11.4 Å². The summed E-state index contributed by atoms with van der Waals surface area (Å²) < 4.78 is 1.86. The van der Waals surface area contributed by atoms with Crippen LogP contribution in [0.25, 0.3) is 5.69 Å². The number of anilines is 1. The minimum atomic E-state index is -0.129. The van der Waals surface area contributed by atoms with E-state index in [9.17, 15) is 4.79 Å². The molecule has 20 heavy (non-hydrogen) atoms. The van der Waals surface area contributed by atoms with Crippen LogP contribution in [0.4, 0.5) is 5.69 Å². The van der Waals surface area contributed by atoms with Crippen LogP contribution in [0.15, 0.2) is 43.0 Å². The van der Waals surface area contributed by atoms with Crippen molar-refractivity contribution in [2.45, 2.75) is 26.3 Å². The summed E-state index contributed by atoms with van der Waals surface area (Å²) in [6.07, 6.45) is 5.55. The Balaban J connectivity index is 2.12. The second kappa shape index (κ2) is 6.34. The monoisotopic (exact) mass is 272 g/mol. The maximum atomic E-state index is 12.0. The van der Waals surface area contributed by atoms with Crippen LogP contribution < -0.4 is 11.1 Å². The first-order chi connectivity index (χ1) is 9.58. The van der Waals surface area contributed by atoms with Crippen molar-refractivity contribution in [2.75, 3.05) is 5.32 Å². The minimum absolute atomic E-state index is 0.0706. The molecule has 5 heteroatoms. The smallest absolute Gasteiger partial charge is 0.225 e. The number of hydrogen-bond donors (Lipinski definition) is 2. The first-order valence-corrected chi connectivity index (χ1v) is 6.70. The molecule has 1 atom stereocenters. The Labute approximate surface area is 118 Å². The van der Waals surface area contributed by atoms with Gasteiger partial charge in [-0.15, -0.1) is 0 Å². The molecule has 1 aromatic heterocycles. The van der Waals surface area contributed by atoms with E-state index in [0.29, 0.717) is 6.42 Å². The SMILES string of the molecule is CC(C)C(N)CC(=O)Nc1ccccc1-n1ccnc1. The first-order valence-electron chi connectivity index (χ1n) is 6.70. The van der Waals surface area contributed by atoms with E-state index in [-0.39, 0.29) is 17.9 Å². The summed E-state index contributed by atoms with van der Waals surface area (Å²) in [4.78, 5) is 16.1. The number of nitrogens with two attached hydrogens (primary N) is 1. The number of carbonyl (C=O) groups is 1. The molecule has 0 radical (unpaired) electrons. The van der Waals surface area contributed by atoms with Crippen molar-refractivity contribution >= 4 is 11.6 Å². The molecule has 2 rings (SSSR count). The van der Waals surface area contributed by atoms with Crippen LogP contribution in [0.1, 0.15) is 20.3 Å². The van der Waals surface area contributed by atoms with E-state index in [1.807, 2.05) is 48.9 Å². The van der Waals surface area contributed by atoms with E-state index < -0.39 is 0 Å². The van der Waals surface area contributed by atoms with Gasteiger partial charge in [0.25, 0.3) is 0 Å². The lowest BCUT2D eigenvalue weighted by Gasteiger charge is -2.16. The van der Waals surface area contributed by atoms with Crippen molar-refractivity contribution in [3.63, 3.8) is 0 Å². The average Bonchev–Trinajstić information content (AvgIpc) is 2.92. The second-order valence-corrected chi connectivity index (χ2v) is 5.15. The Morgan fingerprint density at radius 3 is 2.80 bits per heavy atom. The predicted molar refractivity (Wildman–Crippen MR) is 79.6 cm³/mol. The number of rotatable bonds is 5. The molecule has 0 saturated carbocycles. The third kappa shape index (κ3) is 3.45. The fourth-order valence-corrected chi connectivity index (χ4v) is 1.86. The molecule has 1 heterocycles.